The molecular weight excluding hydrogens is 267 g/mol. The molecule has 0 heterocycles. The highest BCUT2D eigenvalue weighted by Gasteiger charge is 2.22. The van der Waals surface area contributed by atoms with Gasteiger partial charge in [0.15, 0.2) is 0 Å². The summed E-state index contributed by atoms with van der Waals surface area (Å²) in [5.41, 5.74) is 4.14. The van der Waals surface area contributed by atoms with Crippen LogP contribution in [0.1, 0.15) is 0 Å². The summed E-state index contributed by atoms with van der Waals surface area (Å²) in [4.78, 5) is 0. The summed E-state index contributed by atoms with van der Waals surface area (Å²) in [5, 5.41) is 1.45. The standard InChI is InChI=1S/C19H17BSi/c1-21-19-15-9-8-14-18(19)20(16-10-4-2-5-11-16)17-12-6-3-7-13-17/h2-15H,1H3. The average molecular weight is 284 g/mol. The molecule has 0 fully saturated rings. The van der Waals surface area contributed by atoms with Gasteiger partial charge < -0.3 is 0 Å². The third-order valence-electron chi connectivity index (χ3n) is 3.81. The highest BCUT2D eigenvalue weighted by molar-refractivity contribution is 6.97. The van der Waals surface area contributed by atoms with Crippen LogP contribution in [0.3, 0.4) is 0 Å². The summed E-state index contributed by atoms with van der Waals surface area (Å²) in [7, 11) is 0.811. The van der Waals surface area contributed by atoms with Crippen LogP contribution in [0.4, 0.5) is 0 Å². The molecule has 0 atom stereocenters. The Hall–Kier alpha value is -2.06. The molecule has 0 N–H and O–H groups in total. The quantitative estimate of drug-likeness (QED) is 0.638. The zero-order chi connectivity index (χ0) is 14.5. The summed E-state index contributed by atoms with van der Waals surface area (Å²) >= 11 is 0. The lowest BCUT2D eigenvalue weighted by atomic mass is 9.37. The SMILES string of the molecule is C[Si]c1ccccc1B(c1ccccc1)c1ccccc1. The minimum Gasteiger partial charge on any atom is -0.0699 e. The topological polar surface area (TPSA) is 0 Å². The number of rotatable bonds is 4. The van der Waals surface area contributed by atoms with Gasteiger partial charge in [-0.05, 0) is 0 Å². The van der Waals surface area contributed by atoms with Crippen molar-refractivity contribution < 1.29 is 0 Å². The largest absolute Gasteiger partial charge is 0.241 e. The Labute approximate surface area is 129 Å². The van der Waals surface area contributed by atoms with E-state index >= 15 is 0 Å². The predicted molar refractivity (Wildman–Crippen MR) is 95.2 cm³/mol. The first-order valence-corrected chi connectivity index (χ1v) is 8.76. The van der Waals surface area contributed by atoms with Gasteiger partial charge in [0.25, 0.3) is 0 Å². The van der Waals surface area contributed by atoms with E-state index in [1.807, 2.05) is 0 Å². The monoisotopic (exact) mass is 284 g/mol. The summed E-state index contributed by atoms with van der Waals surface area (Å²) in [5.74, 6) is 0. The molecule has 0 unspecified atom stereocenters. The van der Waals surface area contributed by atoms with Crippen LogP contribution in [-0.4, -0.2) is 16.2 Å². The summed E-state index contributed by atoms with van der Waals surface area (Å²) in [6, 6.07) is 30.4. The van der Waals surface area contributed by atoms with E-state index in [1.54, 1.807) is 0 Å². The Balaban J connectivity index is 2.17. The van der Waals surface area contributed by atoms with Gasteiger partial charge in [-0.3, -0.25) is 0 Å². The maximum Gasteiger partial charge on any atom is 0.241 e. The van der Waals surface area contributed by atoms with E-state index in [0.29, 0.717) is 6.71 Å². The molecule has 0 aliphatic rings. The molecule has 0 bridgehead atoms. The van der Waals surface area contributed by atoms with E-state index < -0.39 is 0 Å². The van der Waals surface area contributed by atoms with Gasteiger partial charge in [0.2, 0.25) is 6.71 Å². The van der Waals surface area contributed by atoms with Gasteiger partial charge in [-0.25, -0.2) is 0 Å². The molecule has 3 aromatic rings. The van der Waals surface area contributed by atoms with Crippen molar-refractivity contribution in [2.75, 3.05) is 0 Å². The van der Waals surface area contributed by atoms with Gasteiger partial charge in [0.1, 0.15) is 0 Å². The highest BCUT2D eigenvalue weighted by atomic mass is 28.2. The third-order valence-corrected chi connectivity index (χ3v) is 4.80. The minimum atomic E-state index is 0.316. The molecule has 0 spiro atoms. The van der Waals surface area contributed by atoms with Crippen molar-refractivity contribution in [2.24, 2.45) is 0 Å². The smallest absolute Gasteiger partial charge is 0.0699 e. The van der Waals surface area contributed by atoms with Crippen LogP contribution in [-0.2, 0) is 0 Å². The van der Waals surface area contributed by atoms with Crippen molar-refractivity contribution in [3.8, 4) is 0 Å². The molecule has 0 aromatic heterocycles. The lowest BCUT2D eigenvalue weighted by Crippen LogP contribution is -2.57. The third kappa shape index (κ3) is 3.01. The van der Waals surface area contributed by atoms with Crippen molar-refractivity contribution in [3.05, 3.63) is 84.9 Å². The first kappa shape index (κ1) is 13.9. The van der Waals surface area contributed by atoms with Crippen molar-refractivity contribution in [1.29, 1.82) is 0 Å². The molecule has 0 saturated carbocycles. The number of benzene rings is 3. The fourth-order valence-corrected chi connectivity index (χ4v) is 3.60. The normalized spacial score (nSPS) is 10.3. The van der Waals surface area contributed by atoms with Crippen molar-refractivity contribution >= 4 is 37.8 Å². The molecule has 0 amide bonds. The van der Waals surface area contributed by atoms with Crippen LogP contribution in [0.5, 0.6) is 0 Å². The molecular formula is C19H17BSi. The summed E-state index contributed by atoms with van der Waals surface area (Å²) < 4.78 is 0. The van der Waals surface area contributed by atoms with Gasteiger partial charge in [-0.1, -0.05) is 113 Å². The van der Waals surface area contributed by atoms with Crippen LogP contribution in [0.15, 0.2) is 84.9 Å². The second kappa shape index (κ2) is 6.60. The van der Waals surface area contributed by atoms with Crippen molar-refractivity contribution in [1.82, 2.24) is 0 Å². The fourth-order valence-electron chi connectivity index (χ4n) is 2.82. The van der Waals surface area contributed by atoms with Gasteiger partial charge in [-0.15, -0.1) is 0 Å². The van der Waals surface area contributed by atoms with Crippen LogP contribution in [0.2, 0.25) is 6.55 Å². The second-order valence-electron chi connectivity index (χ2n) is 5.09. The van der Waals surface area contributed by atoms with Crippen molar-refractivity contribution in [3.63, 3.8) is 0 Å². The van der Waals surface area contributed by atoms with E-state index in [2.05, 4.69) is 91.5 Å². The maximum absolute atomic E-state index is 2.27. The second-order valence-corrected chi connectivity index (χ2v) is 6.13. The van der Waals surface area contributed by atoms with E-state index in [0.717, 1.165) is 9.52 Å². The Kier molecular flexibility index (Phi) is 4.37. The molecule has 100 valence electrons. The van der Waals surface area contributed by atoms with Crippen LogP contribution >= 0.6 is 0 Å². The molecule has 0 nitrogen and oxygen atoms in total. The average Bonchev–Trinajstić information content (AvgIpc) is 2.58. The fraction of sp³-hybridized carbons (Fsp3) is 0.0526. The van der Waals surface area contributed by atoms with Crippen molar-refractivity contribution in [2.45, 2.75) is 6.55 Å². The summed E-state index contributed by atoms with van der Waals surface area (Å²) in [6.07, 6.45) is 0. The number of hydrogen-bond acceptors (Lipinski definition) is 0. The zero-order valence-electron chi connectivity index (χ0n) is 12.2. The molecule has 2 radical (unpaired) electrons. The van der Waals surface area contributed by atoms with Crippen LogP contribution < -0.4 is 21.6 Å². The van der Waals surface area contributed by atoms with Gasteiger partial charge in [-0.2, -0.15) is 0 Å². The van der Waals surface area contributed by atoms with Gasteiger partial charge >= 0.3 is 0 Å². The first-order chi connectivity index (χ1) is 10.4. The first-order valence-electron chi connectivity index (χ1n) is 7.26. The predicted octanol–water partition coefficient (Wildman–Crippen LogP) is 1.58. The molecule has 3 rings (SSSR count). The zero-order valence-corrected chi connectivity index (χ0v) is 13.2. The summed E-state index contributed by atoms with van der Waals surface area (Å²) in [6.45, 7) is 2.57. The Morgan fingerprint density at radius 3 is 1.62 bits per heavy atom. The molecule has 3 aromatic carbocycles. The van der Waals surface area contributed by atoms with Gasteiger partial charge in [0, 0.05) is 0 Å². The Morgan fingerprint density at radius 1 is 0.619 bits per heavy atom. The van der Waals surface area contributed by atoms with E-state index in [1.165, 1.54) is 21.6 Å². The maximum atomic E-state index is 2.27. The lowest BCUT2D eigenvalue weighted by Gasteiger charge is -2.18. The van der Waals surface area contributed by atoms with Crippen LogP contribution in [0.25, 0.3) is 0 Å². The number of hydrogen-bond donors (Lipinski definition) is 0. The Bertz CT molecular complexity index is 656. The van der Waals surface area contributed by atoms with Crippen LogP contribution in [0, 0.1) is 0 Å². The minimum absolute atomic E-state index is 0.316. The Morgan fingerprint density at radius 2 is 1.10 bits per heavy atom. The van der Waals surface area contributed by atoms with E-state index in [4.69, 9.17) is 0 Å². The van der Waals surface area contributed by atoms with Gasteiger partial charge in [0.05, 0.1) is 9.52 Å². The molecule has 2 heteroatoms. The lowest BCUT2D eigenvalue weighted by molar-refractivity contribution is 1.72. The van der Waals surface area contributed by atoms with E-state index in [-0.39, 0.29) is 0 Å². The molecule has 0 aliphatic heterocycles. The molecule has 0 saturated heterocycles. The highest BCUT2D eigenvalue weighted by Crippen LogP contribution is 1.94. The molecule has 0 aliphatic carbocycles. The molecule has 21 heavy (non-hydrogen) atoms. The van der Waals surface area contributed by atoms with E-state index in [9.17, 15) is 0 Å².